The lowest BCUT2D eigenvalue weighted by Gasteiger charge is -2.37. The Balaban J connectivity index is 2.73. The zero-order valence-corrected chi connectivity index (χ0v) is 11.5. The molecule has 1 atom stereocenters. The van der Waals surface area contributed by atoms with Gasteiger partial charge in [-0.05, 0) is 23.8 Å². The van der Waals surface area contributed by atoms with Gasteiger partial charge in [-0.15, -0.1) is 0 Å². The first kappa shape index (κ1) is 16.6. The van der Waals surface area contributed by atoms with Crippen LogP contribution in [-0.4, -0.2) is 22.2 Å². The molecule has 2 rings (SSSR count). The van der Waals surface area contributed by atoms with E-state index in [4.69, 9.17) is 11.6 Å². The minimum absolute atomic E-state index is 0.132. The third-order valence-corrected chi connectivity index (χ3v) is 3.40. The van der Waals surface area contributed by atoms with E-state index in [1.54, 1.807) is 0 Å². The Hall–Kier alpha value is -1.73. The molecule has 0 radical (unpaired) electrons. The largest absolute Gasteiger partial charge is 0.457 e. The molecule has 22 heavy (non-hydrogen) atoms. The van der Waals surface area contributed by atoms with Crippen LogP contribution in [0.25, 0.3) is 0 Å². The molecule has 2 nitrogen and oxygen atoms in total. The molecule has 2 aromatic rings. The molecule has 0 aliphatic carbocycles. The molecule has 0 saturated carbocycles. The molecule has 0 saturated heterocycles. The molecule has 1 aromatic heterocycles. The van der Waals surface area contributed by atoms with Crippen molar-refractivity contribution in [3.8, 4) is 0 Å². The summed E-state index contributed by atoms with van der Waals surface area (Å²) < 4.78 is 66.5. The van der Waals surface area contributed by atoms with Crippen LogP contribution in [-0.2, 0) is 5.60 Å². The van der Waals surface area contributed by atoms with E-state index in [1.807, 2.05) is 0 Å². The van der Waals surface area contributed by atoms with Crippen molar-refractivity contribution in [2.45, 2.75) is 17.7 Å². The van der Waals surface area contributed by atoms with E-state index in [0.717, 1.165) is 42.6 Å². The summed E-state index contributed by atoms with van der Waals surface area (Å²) in [4.78, 5) is 3.50. The third kappa shape index (κ3) is 2.55. The van der Waals surface area contributed by atoms with E-state index < -0.39 is 28.8 Å². The van der Waals surface area contributed by atoms with Crippen molar-refractivity contribution < 1.29 is 27.1 Å². The number of benzene rings is 1. The Bertz CT molecular complexity index is 645. The first-order valence-electron chi connectivity index (χ1n) is 5.94. The van der Waals surface area contributed by atoms with Gasteiger partial charge in [0.2, 0.25) is 0 Å². The Morgan fingerprint density at radius 1 is 0.909 bits per heavy atom. The van der Waals surface area contributed by atoms with E-state index in [0.29, 0.717) is 0 Å². The molecule has 1 aromatic carbocycles. The van der Waals surface area contributed by atoms with E-state index in [2.05, 4.69) is 4.98 Å². The van der Waals surface area contributed by atoms with Gasteiger partial charge in [-0.1, -0.05) is 29.8 Å². The molecule has 8 heteroatoms. The van der Waals surface area contributed by atoms with Gasteiger partial charge in [0.1, 0.15) is 0 Å². The maximum Gasteiger partial charge on any atom is 0.457 e. The highest BCUT2D eigenvalue weighted by Gasteiger charge is 2.71. The first-order chi connectivity index (χ1) is 10.1. The fraction of sp³-hybridized carbons (Fsp3) is 0.214. The Labute approximate surface area is 127 Å². The lowest BCUT2D eigenvalue weighted by Crippen LogP contribution is -2.55. The second-order valence-electron chi connectivity index (χ2n) is 4.53. The lowest BCUT2D eigenvalue weighted by atomic mass is 9.81. The normalized spacial score (nSPS) is 15.4. The average molecular weight is 338 g/mol. The van der Waals surface area contributed by atoms with Crippen molar-refractivity contribution in [1.29, 1.82) is 0 Å². The highest BCUT2D eigenvalue weighted by molar-refractivity contribution is 6.30. The fourth-order valence-electron chi connectivity index (χ4n) is 2.00. The number of rotatable bonds is 3. The molecule has 1 N–H and O–H groups in total. The minimum atomic E-state index is -5.96. The highest BCUT2D eigenvalue weighted by Crippen LogP contribution is 2.51. The molecule has 1 unspecified atom stereocenters. The van der Waals surface area contributed by atoms with Crippen molar-refractivity contribution in [3.63, 3.8) is 0 Å². The summed E-state index contributed by atoms with van der Waals surface area (Å²) in [6.45, 7) is 0. The highest BCUT2D eigenvalue weighted by atomic mass is 35.5. The van der Waals surface area contributed by atoms with Gasteiger partial charge < -0.3 is 5.11 Å². The molecular weight excluding hydrogens is 329 g/mol. The van der Waals surface area contributed by atoms with Crippen LogP contribution in [0.5, 0.6) is 0 Å². The maximum absolute atomic E-state index is 14.0. The first-order valence-corrected chi connectivity index (χ1v) is 6.32. The van der Waals surface area contributed by atoms with E-state index in [1.165, 1.54) is 6.20 Å². The van der Waals surface area contributed by atoms with Gasteiger partial charge in [-0.3, -0.25) is 4.98 Å². The summed E-state index contributed by atoms with van der Waals surface area (Å²) in [6.07, 6.45) is -4.01. The lowest BCUT2D eigenvalue weighted by molar-refractivity contribution is -0.336. The van der Waals surface area contributed by atoms with Crippen LogP contribution in [0.2, 0.25) is 5.02 Å². The second kappa shape index (κ2) is 5.48. The van der Waals surface area contributed by atoms with Crippen molar-refractivity contribution in [2.75, 3.05) is 0 Å². The summed E-state index contributed by atoms with van der Waals surface area (Å²) >= 11 is 5.61. The molecule has 0 bridgehead atoms. The van der Waals surface area contributed by atoms with Crippen LogP contribution >= 0.6 is 11.6 Å². The zero-order chi connectivity index (χ0) is 16.6. The summed E-state index contributed by atoms with van der Waals surface area (Å²) in [5.41, 5.74) is -4.95. The minimum Gasteiger partial charge on any atom is -0.374 e. The SMILES string of the molecule is OC(c1ccc(Cl)cc1)(c1cccnc1)C(F)(F)C(F)(F)F. The van der Waals surface area contributed by atoms with Crippen molar-refractivity contribution in [1.82, 2.24) is 4.98 Å². The zero-order valence-electron chi connectivity index (χ0n) is 10.8. The monoisotopic (exact) mass is 337 g/mol. The Morgan fingerprint density at radius 3 is 1.95 bits per heavy atom. The number of nitrogens with zero attached hydrogens (tertiary/aromatic N) is 1. The van der Waals surface area contributed by atoms with Crippen LogP contribution in [0, 0.1) is 0 Å². The molecule has 0 aliphatic heterocycles. The maximum atomic E-state index is 14.0. The van der Waals surface area contributed by atoms with Crippen molar-refractivity contribution in [3.05, 3.63) is 64.9 Å². The van der Waals surface area contributed by atoms with Gasteiger partial charge in [0.25, 0.3) is 0 Å². The molecule has 0 aliphatic rings. The predicted molar refractivity (Wildman–Crippen MR) is 69.7 cm³/mol. The molecule has 118 valence electrons. The van der Waals surface area contributed by atoms with E-state index in [9.17, 15) is 27.1 Å². The molecule has 0 amide bonds. The van der Waals surface area contributed by atoms with Gasteiger partial charge in [0.15, 0.2) is 5.60 Å². The van der Waals surface area contributed by atoms with Gasteiger partial charge in [0.05, 0.1) is 0 Å². The Morgan fingerprint density at radius 2 is 1.50 bits per heavy atom. The summed E-state index contributed by atoms with van der Waals surface area (Å²) in [5, 5.41) is 10.5. The van der Waals surface area contributed by atoms with E-state index >= 15 is 0 Å². The number of aromatic nitrogens is 1. The standard InChI is InChI=1S/C14H9ClF5NO/c15-11-5-3-9(4-6-11)12(22,10-2-1-7-21-8-10)13(16,17)14(18,19)20/h1-8,22H. The van der Waals surface area contributed by atoms with Crippen LogP contribution in [0.4, 0.5) is 22.0 Å². The van der Waals surface area contributed by atoms with Crippen molar-refractivity contribution in [2.24, 2.45) is 0 Å². The fourth-order valence-corrected chi connectivity index (χ4v) is 2.13. The number of aliphatic hydroxyl groups is 1. The average Bonchev–Trinajstić information content (AvgIpc) is 2.46. The van der Waals surface area contributed by atoms with Gasteiger partial charge >= 0.3 is 12.1 Å². The number of halogens is 6. The smallest absolute Gasteiger partial charge is 0.374 e. The second-order valence-corrected chi connectivity index (χ2v) is 4.97. The summed E-state index contributed by atoms with van der Waals surface area (Å²) in [7, 11) is 0. The van der Waals surface area contributed by atoms with E-state index in [-0.39, 0.29) is 5.02 Å². The predicted octanol–water partition coefficient (Wildman–Crippen LogP) is 4.17. The van der Waals surface area contributed by atoms with Gasteiger partial charge in [-0.2, -0.15) is 22.0 Å². The number of pyridine rings is 1. The molecular formula is C14H9ClF5NO. The molecule has 0 spiro atoms. The Kier molecular flexibility index (Phi) is 4.14. The number of hydrogen-bond donors (Lipinski definition) is 1. The quantitative estimate of drug-likeness (QED) is 0.853. The molecule has 0 fully saturated rings. The topological polar surface area (TPSA) is 33.1 Å². The summed E-state index contributed by atoms with van der Waals surface area (Å²) in [6, 6.07) is 6.16. The van der Waals surface area contributed by atoms with Crippen LogP contribution < -0.4 is 0 Å². The number of hydrogen-bond acceptors (Lipinski definition) is 2. The summed E-state index contributed by atoms with van der Waals surface area (Å²) in [5.74, 6) is -5.43. The van der Waals surface area contributed by atoms with Gasteiger partial charge in [0, 0.05) is 23.0 Å². The molecule has 1 heterocycles. The van der Waals surface area contributed by atoms with Gasteiger partial charge in [-0.25, -0.2) is 0 Å². The number of alkyl halides is 5. The van der Waals surface area contributed by atoms with Crippen LogP contribution in [0.3, 0.4) is 0 Å². The van der Waals surface area contributed by atoms with Crippen molar-refractivity contribution >= 4 is 11.6 Å². The van der Waals surface area contributed by atoms with Crippen LogP contribution in [0.15, 0.2) is 48.8 Å². The van der Waals surface area contributed by atoms with Crippen LogP contribution in [0.1, 0.15) is 11.1 Å². The third-order valence-electron chi connectivity index (χ3n) is 3.15.